The molecule has 1 atom stereocenters. The normalized spacial score (nSPS) is 11.9. The van der Waals surface area contributed by atoms with Crippen LogP contribution in [0.5, 0.6) is 0 Å². The quantitative estimate of drug-likeness (QED) is 0.269. The molecule has 0 aliphatic rings. The Hall–Kier alpha value is -4.31. The molecule has 0 aliphatic heterocycles. The van der Waals surface area contributed by atoms with Crippen LogP contribution in [0, 0.1) is 6.92 Å². The number of hydrogen-bond donors (Lipinski definition) is 1. The number of amides is 2. The summed E-state index contributed by atoms with van der Waals surface area (Å²) in [6.07, 6.45) is 0. The Bertz CT molecular complexity index is 1370. The first-order valence-corrected chi connectivity index (χ1v) is 11.4. The number of Topliss-reactive ketones (excluding diaryl/α,β-unsaturated/α-hetero) is 1. The Morgan fingerprint density at radius 3 is 2.50 bits per heavy atom. The summed E-state index contributed by atoms with van der Waals surface area (Å²) in [4.78, 5) is 40.5. The largest absolute Gasteiger partial charge is 0.464 e. The lowest BCUT2D eigenvalue weighted by Crippen LogP contribution is -2.45. The molecule has 0 fully saturated rings. The third kappa shape index (κ3) is 5.33. The van der Waals surface area contributed by atoms with E-state index in [1.807, 2.05) is 18.2 Å². The molecular weight excluding hydrogens is 462 g/mol. The molecule has 186 valence electrons. The lowest BCUT2D eigenvalue weighted by Gasteiger charge is -2.30. The molecule has 0 saturated heterocycles. The van der Waals surface area contributed by atoms with Crippen molar-refractivity contribution >= 4 is 34.3 Å². The first kappa shape index (κ1) is 24.8. The summed E-state index contributed by atoms with van der Waals surface area (Å²) in [6, 6.07) is 16.1. The van der Waals surface area contributed by atoms with Crippen molar-refractivity contribution in [1.29, 1.82) is 0 Å². The Morgan fingerprint density at radius 2 is 1.83 bits per heavy atom. The number of nitrogens with zero attached hydrogens (tertiary/aromatic N) is 4. The Morgan fingerprint density at radius 1 is 1.08 bits per heavy atom. The minimum atomic E-state index is -1.11. The molecule has 2 heterocycles. The molecule has 2 aromatic carbocycles. The fourth-order valence-corrected chi connectivity index (χ4v) is 3.88. The number of hydrogen-bond acceptors (Lipinski definition) is 7. The molecule has 2 amide bonds. The van der Waals surface area contributed by atoms with Gasteiger partial charge in [-0.25, -0.2) is 4.68 Å². The van der Waals surface area contributed by atoms with Crippen molar-refractivity contribution in [1.82, 2.24) is 20.3 Å². The van der Waals surface area contributed by atoms with Crippen molar-refractivity contribution < 1.29 is 23.5 Å². The second-order valence-electron chi connectivity index (χ2n) is 8.24. The summed E-state index contributed by atoms with van der Waals surface area (Å²) >= 11 is 0. The third-order valence-corrected chi connectivity index (χ3v) is 5.67. The van der Waals surface area contributed by atoms with E-state index in [0.717, 1.165) is 0 Å². The molecule has 0 bridgehead atoms. The summed E-state index contributed by atoms with van der Waals surface area (Å²) in [5, 5.41) is 11.1. The first-order valence-electron chi connectivity index (χ1n) is 11.4. The number of carbonyl (C=O) groups excluding carboxylic acids is 3. The highest BCUT2D eigenvalue weighted by Gasteiger charge is 2.35. The monoisotopic (exact) mass is 489 g/mol. The Labute approximate surface area is 207 Å². The van der Waals surface area contributed by atoms with Crippen molar-refractivity contribution in [3.63, 3.8) is 0 Å². The molecule has 1 N–H and O–H groups in total. The predicted octanol–water partition coefficient (Wildman–Crippen LogP) is 3.07. The summed E-state index contributed by atoms with van der Waals surface area (Å²) in [5.74, 6) is -0.0591. The van der Waals surface area contributed by atoms with Crippen molar-refractivity contribution in [3.05, 3.63) is 77.7 Å². The number of furan rings is 1. The average molecular weight is 490 g/mol. The van der Waals surface area contributed by atoms with Crippen molar-refractivity contribution in [2.75, 3.05) is 25.2 Å². The van der Waals surface area contributed by atoms with Crippen LogP contribution in [0.1, 0.15) is 34.8 Å². The summed E-state index contributed by atoms with van der Waals surface area (Å²) in [6.45, 7) is 3.62. The number of carbonyl (C=O) groups is 3. The van der Waals surface area contributed by atoms with Gasteiger partial charge in [0.25, 0.3) is 5.91 Å². The van der Waals surface area contributed by atoms with Gasteiger partial charge in [0.1, 0.15) is 23.6 Å². The summed E-state index contributed by atoms with van der Waals surface area (Å²) in [7, 11) is 1.54. The highest BCUT2D eigenvalue weighted by molar-refractivity contribution is 6.02. The maximum atomic E-state index is 13.9. The van der Waals surface area contributed by atoms with Crippen LogP contribution in [-0.4, -0.2) is 52.9 Å². The van der Waals surface area contributed by atoms with Crippen LogP contribution in [0.2, 0.25) is 0 Å². The standard InChI is InChI=1S/C26H27N5O5/c1-17-8-13-23(36-17)25(26(34)27-14-15-35-3)31(20-11-9-19(10-12-20)18(2)32)24(33)16-30-22-7-5-4-6-21(22)28-29-30/h4-13,25H,14-16H2,1-3H3,(H,27,34). The second-order valence-corrected chi connectivity index (χ2v) is 8.24. The fourth-order valence-electron chi connectivity index (χ4n) is 3.88. The number of fused-ring (bicyclic) bond motifs is 1. The van der Waals surface area contributed by atoms with E-state index < -0.39 is 17.9 Å². The first-order chi connectivity index (χ1) is 17.4. The number of anilines is 1. The van der Waals surface area contributed by atoms with Gasteiger partial charge in [0.05, 0.1) is 12.1 Å². The summed E-state index contributed by atoms with van der Waals surface area (Å²) < 4.78 is 12.4. The molecule has 10 nitrogen and oxygen atoms in total. The van der Waals surface area contributed by atoms with Gasteiger partial charge in [0.2, 0.25) is 5.91 Å². The van der Waals surface area contributed by atoms with E-state index in [-0.39, 0.29) is 18.9 Å². The van der Waals surface area contributed by atoms with E-state index >= 15 is 0 Å². The zero-order valence-corrected chi connectivity index (χ0v) is 20.3. The van der Waals surface area contributed by atoms with Gasteiger partial charge < -0.3 is 14.5 Å². The topological polar surface area (TPSA) is 120 Å². The van der Waals surface area contributed by atoms with E-state index in [9.17, 15) is 14.4 Å². The number of nitrogens with one attached hydrogen (secondary N) is 1. The van der Waals surface area contributed by atoms with Crippen molar-refractivity contribution in [3.8, 4) is 0 Å². The van der Waals surface area contributed by atoms with E-state index in [1.54, 1.807) is 49.4 Å². The highest BCUT2D eigenvalue weighted by atomic mass is 16.5. The van der Waals surface area contributed by atoms with E-state index in [4.69, 9.17) is 9.15 Å². The molecular formula is C26H27N5O5. The second kappa shape index (κ2) is 11.0. The number of benzene rings is 2. The minimum Gasteiger partial charge on any atom is -0.464 e. The van der Waals surface area contributed by atoms with E-state index in [2.05, 4.69) is 15.6 Å². The molecule has 0 aliphatic carbocycles. The van der Waals surface area contributed by atoms with Crippen molar-refractivity contribution in [2.45, 2.75) is 26.4 Å². The minimum absolute atomic E-state index is 0.107. The lowest BCUT2D eigenvalue weighted by atomic mass is 10.1. The molecule has 0 saturated carbocycles. The molecule has 36 heavy (non-hydrogen) atoms. The zero-order chi connectivity index (χ0) is 25.7. The SMILES string of the molecule is COCCNC(=O)C(c1ccc(C)o1)N(C(=O)Cn1nnc2ccccc21)c1ccc(C(C)=O)cc1. The van der Waals surface area contributed by atoms with E-state index in [0.29, 0.717) is 40.4 Å². The lowest BCUT2D eigenvalue weighted by molar-refractivity contribution is -0.127. The van der Waals surface area contributed by atoms with Gasteiger partial charge in [-0.2, -0.15) is 0 Å². The number of para-hydroxylation sites is 1. The van der Waals surface area contributed by atoms with E-state index in [1.165, 1.54) is 23.6 Å². The van der Waals surface area contributed by atoms with Crippen molar-refractivity contribution in [2.24, 2.45) is 0 Å². The predicted molar refractivity (Wildman–Crippen MR) is 133 cm³/mol. The van der Waals surface area contributed by atoms with Gasteiger partial charge in [-0.15, -0.1) is 5.10 Å². The van der Waals surface area contributed by atoms with Crippen LogP contribution in [-0.2, 0) is 20.9 Å². The maximum Gasteiger partial charge on any atom is 0.251 e. The van der Waals surface area contributed by atoms with Crippen LogP contribution in [0.15, 0.2) is 65.1 Å². The van der Waals surface area contributed by atoms with Gasteiger partial charge in [0.15, 0.2) is 11.8 Å². The Kier molecular flexibility index (Phi) is 7.55. The average Bonchev–Trinajstić information content (AvgIpc) is 3.48. The Balaban J connectivity index is 1.77. The van der Waals surface area contributed by atoms with Crippen LogP contribution in [0.4, 0.5) is 5.69 Å². The highest BCUT2D eigenvalue weighted by Crippen LogP contribution is 2.30. The molecule has 10 heteroatoms. The van der Waals surface area contributed by atoms with Gasteiger partial charge in [-0.3, -0.25) is 19.3 Å². The number of aromatic nitrogens is 3. The van der Waals surface area contributed by atoms with Crippen LogP contribution < -0.4 is 10.2 Å². The fraction of sp³-hybridized carbons (Fsp3) is 0.269. The molecule has 1 unspecified atom stereocenters. The molecule has 4 aromatic rings. The number of aryl methyl sites for hydroxylation is 1. The molecule has 0 radical (unpaired) electrons. The van der Waals surface area contributed by atoms with Crippen LogP contribution >= 0.6 is 0 Å². The maximum absolute atomic E-state index is 13.9. The van der Waals surface area contributed by atoms with Gasteiger partial charge >= 0.3 is 0 Å². The molecule has 0 spiro atoms. The van der Waals surface area contributed by atoms with Crippen LogP contribution in [0.25, 0.3) is 11.0 Å². The third-order valence-electron chi connectivity index (χ3n) is 5.67. The number of rotatable bonds is 10. The zero-order valence-electron chi connectivity index (χ0n) is 20.3. The van der Waals surface area contributed by atoms with Gasteiger partial charge in [-0.05, 0) is 62.4 Å². The molecule has 4 rings (SSSR count). The number of ether oxygens (including phenoxy) is 1. The number of methoxy groups -OCH3 is 1. The number of ketones is 1. The smallest absolute Gasteiger partial charge is 0.251 e. The van der Waals surface area contributed by atoms with Crippen LogP contribution in [0.3, 0.4) is 0 Å². The van der Waals surface area contributed by atoms with Gasteiger partial charge in [0, 0.05) is 24.9 Å². The molecule has 2 aromatic heterocycles. The van der Waals surface area contributed by atoms with Gasteiger partial charge in [-0.1, -0.05) is 17.3 Å². The summed E-state index contributed by atoms with van der Waals surface area (Å²) in [5.41, 5.74) is 2.25.